The quantitative estimate of drug-likeness (QED) is 0.818. The number of allylic oxidation sites excluding steroid dienone is 1. The number of carbonyl (C=O) groups excluding carboxylic acids is 1. The fourth-order valence-corrected chi connectivity index (χ4v) is 2.45. The number of aliphatic carboxylic acids is 1. The highest BCUT2D eigenvalue weighted by molar-refractivity contribution is 6.36. The van der Waals surface area contributed by atoms with Crippen molar-refractivity contribution in [3.63, 3.8) is 0 Å². The Labute approximate surface area is 103 Å². The van der Waals surface area contributed by atoms with Crippen LogP contribution in [0.2, 0.25) is 0 Å². The molecule has 0 spiro atoms. The molecular formula is C15H10O3. The third-order valence-corrected chi connectivity index (χ3v) is 3.28. The van der Waals surface area contributed by atoms with Crippen LogP contribution in [0.4, 0.5) is 0 Å². The molecule has 2 aromatic carbocycles. The first-order valence-electron chi connectivity index (χ1n) is 5.65. The lowest BCUT2D eigenvalue weighted by Crippen LogP contribution is -2.19. The Morgan fingerprint density at radius 2 is 1.83 bits per heavy atom. The van der Waals surface area contributed by atoms with Gasteiger partial charge in [0.15, 0.2) is 0 Å². The molecule has 88 valence electrons. The molecule has 0 saturated heterocycles. The van der Waals surface area contributed by atoms with Crippen LogP contribution in [0.5, 0.6) is 0 Å². The van der Waals surface area contributed by atoms with Crippen LogP contribution in [-0.2, 0) is 9.59 Å². The number of carboxylic acids is 1. The Balaban J connectivity index is 2.25. The summed E-state index contributed by atoms with van der Waals surface area (Å²) in [6.07, 6.45) is 3.47. The Morgan fingerprint density at radius 1 is 1.06 bits per heavy atom. The molecule has 3 nitrogen and oxygen atoms in total. The molecule has 0 aromatic heterocycles. The minimum atomic E-state index is -1.38. The maximum absolute atomic E-state index is 11.7. The monoisotopic (exact) mass is 238 g/mol. The first kappa shape index (κ1) is 10.7. The van der Waals surface area contributed by atoms with E-state index < -0.39 is 17.7 Å². The topological polar surface area (TPSA) is 54.4 Å². The van der Waals surface area contributed by atoms with E-state index in [-0.39, 0.29) is 0 Å². The first-order chi connectivity index (χ1) is 8.68. The summed E-state index contributed by atoms with van der Waals surface area (Å²) in [4.78, 5) is 22.5. The molecule has 1 N–H and O–H groups in total. The third-order valence-electron chi connectivity index (χ3n) is 3.28. The minimum Gasteiger partial charge on any atom is -0.475 e. The van der Waals surface area contributed by atoms with Gasteiger partial charge in [-0.3, -0.25) is 4.79 Å². The van der Waals surface area contributed by atoms with Gasteiger partial charge in [0.2, 0.25) is 0 Å². The maximum Gasteiger partial charge on any atom is 0.373 e. The van der Waals surface area contributed by atoms with E-state index in [1.54, 1.807) is 6.08 Å². The summed E-state index contributed by atoms with van der Waals surface area (Å²) in [5.41, 5.74) is 1.73. The van der Waals surface area contributed by atoms with Gasteiger partial charge in [-0.25, -0.2) is 4.79 Å². The van der Waals surface area contributed by atoms with E-state index >= 15 is 0 Å². The molecule has 0 aliphatic heterocycles. The number of hydrogen-bond acceptors (Lipinski definition) is 2. The second-order valence-electron chi connectivity index (χ2n) is 4.30. The van der Waals surface area contributed by atoms with Crippen molar-refractivity contribution < 1.29 is 14.7 Å². The second kappa shape index (κ2) is 3.81. The van der Waals surface area contributed by atoms with Crippen LogP contribution in [0.1, 0.15) is 17.0 Å². The van der Waals surface area contributed by atoms with Crippen molar-refractivity contribution in [3.05, 3.63) is 53.6 Å². The van der Waals surface area contributed by atoms with Crippen molar-refractivity contribution in [2.45, 2.75) is 5.92 Å². The molecule has 0 amide bonds. The van der Waals surface area contributed by atoms with Crippen molar-refractivity contribution >= 4 is 28.6 Å². The van der Waals surface area contributed by atoms with Gasteiger partial charge in [0.25, 0.3) is 5.78 Å². The van der Waals surface area contributed by atoms with Crippen LogP contribution >= 0.6 is 0 Å². The SMILES string of the molecule is O=C(O)C(=O)C1C=Cc2ccc3ccccc3c21. The van der Waals surface area contributed by atoms with Crippen LogP contribution in [0, 0.1) is 0 Å². The van der Waals surface area contributed by atoms with Gasteiger partial charge in [0, 0.05) is 0 Å². The molecule has 0 saturated carbocycles. The summed E-state index contributed by atoms with van der Waals surface area (Å²) >= 11 is 0. The number of fused-ring (bicyclic) bond motifs is 3. The van der Waals surface area contributed by atoms with E-state index in [4.69, 9.17) is 5.11 Å². The molecule has 0 radical (unpaired) electrons. The molecule has 1 atom stereocenters. The lowest BCUT2D eigenvalue weighted by molar-refractivity contribution is -0.149. The van der Waals surface area contributed by atoms with Gasteiger partial charge in [0.1, 0.15) is 0 Å². The highest BCUT2D eigenvalue weighted by atomic mass is 16.4. The second-order valence-corrected chi connectivity index (χ2v) is 4.30. The fraction of sp³-hybridized carbons (Fsp3) is 0.0667. The standard InChI is InChI=1S/C15H10O3/c16-14(15(17)18)12-8-7-10-6-5-9-3-1-2-4-11(9)13(10)12/h1-8,12H,(H,17,18). The van der Waals surface area contributed by atoms with E-state index in [1.807, 2.05) is 42.5 Å². The zero-order valence-corrected chi connectivity index (χ0v) is 9.46. The number of benzene rings is 2. The highest BCUT2D eigenvalue weighted by Gasteiger charge is 2.30. The maximum atomic E-state index is 11.7. The van der Waals surface area contributed by atoms with Crippen LogP contribution in [0.15, 0.2) is 42.5 Å². The minimum absolute atomic E-state index is 0.663. The number of hydrogen-bond donors (Lipinski definition) is 1. The fourth-order valence-electron chi connectivity index (χ4n) is 2.45. The molecule has 3 heteroatoms. The molecule has 0 fully saturated rings. The molecule has 0 heterocycles. The molecule has 1 aliphatic rings. The number of carboxylic acid groups (broad SMARTS) is 1. The van der Waals surface area contributed by atoms with Gasteiger partial charge in [-0.2, -0.15) is 0 Å². The normalized spacial score (nSPS) is 16.8. The lowest BCUT2D eigenvalue weighted by atomic mass is 9.91. The first-order valence-corrected chi connectivity index (χ1v) is 5.65. The van der Waals surface area contributed by atoms with E-state index in [1.165, 1.54) is 0 Å². The lowest BCUT2D eigenvalue weighted by Gasteiger charge is -2.11. The van der Waals surface area contributed by atoms with Gasteiger partial charge >= 0.3 is 5.97 Å². The van der Waals surface area contributed by atoms with E-state index in [0.29, 0.717) is 0 Å². The van der Waals surface area contributed by atoms with Crippen molar-refractivity contribution in [3.8, 4) is 0 Å². The Bertz CT molecular complexity index is 698. The molecule has 0 bridgehead atoms. The summed E-state index contributed by atoms with van der Waals surface area (Å²) in [6, 6.07) is 11.6. The van der Waals surface area contributed by atoms with Crippen molar-refractivity contribution in [2.75, 3.05) is 0 Å². The highest BCUT2D eigenvalue weighted by Crippen LogP contribution is 2.36. The summed E-state index contributed by atoms with van der Waals surface area (Å²) in [5, 5.41) is 10.8. The molecule has 18 heavy (non-hydrogen) atoms. The van der Waals surface area contributed by atoms with Gasteiger partial charge in [-0.15, -0.1) is 0 Å². The number of Topliss-reactive ketones (excluding diaryl/α,β-unsaturated/α-hetero) is 1. The third kappa shape index (κ3) is 1.44. The zero-order chi connectivity index (χ0) is 12.7. The Kier molecular flexibility index (Phi) is 2.27. The van der Waals surface area contributed by atoms with Gasteiger partial charge in [0.05, 0.1) is 5.92 Å². The summed E-state index contributed by atoms with van der Waals surface area (Å²) < 4.78 is 0. The van der Waals surface area contributed by atoms with E-state index in [2.05, 4.69) is 0 Å². The van der Waals surface area contributed by atoms with Crippen molar-refractivity contribution in [1.29, 1.82) is 0 Å². The van der Waals surface area contributed by atoms with Gasteiger partial charge in [-0.1, -0.05) is 48.6 Å². The Morgan fingerprint density at radius 3 is 2.61 bits per heavy atom. The van der Waals surface area contributed by atoms with Crippen molar-refractivity contribution in [2.24, 2.45) is 0 Å². The van der Waals surface area contributed by atoms with Crippen LogP contribution in [0.25, 0.3) is 16.8 Å². The van der Waals surface area contributed by atoms with Gasteiger partial charge in [-0.05, 0) is 21.9 Å². The average molecular weight is 238 g/mol. The Hall–Kier alpha value is -2.42. The van der Waals surface area contributed by atoms with Crippen LogP contribution in [0.3, 0.4) is 0 Å². The largest absolute Gasteiger partial charge is 0.475 e. The summed E-state index contributed by atoms with van der Waals surface area (Å²) in [5.74, 6) is -2.82. The predicted molar refractivity (Wildman–Crippen MR) is 68.4 cm³/mol. The number of rotatable bonds is 2. The van der Waals surface area contributed by atoms with E-state index in [9.17, 15) is 9.59 Å². The molecule has 1 aliphatic carbocycles. The zero-order valence-electron chi connectivity index (χ0n) is 9.46. The molecule has 3 rings (SSSR count). The van der Waals surface area contributed by atoms with Crippen molar-refractivity contribution in [1.82, 2.24) is 0 Å². The summed E-state index contributed by atoms with van der Waals surface area (Å²) in [6.45, 7) is 0. The van der Waals surface area contributed by atoms with Crippen LogP contribution < -0.4 is 0 Å². The number of carbonyl (C=O) groups is 2. The predicted octanol–water partition coefficient (Wildman–Crippen LogP) is 2.60. The van der Waals surface area contributed by atoms with Gasteiger partial charge < -0.3 is 5.11 Å². The van der Waals surface area contributed by atoms with E-state index in [0.717, 1.165) is 21.9 Å². The summed E-state index contributed by atoms with van der Waals surface area (Å²) in [7, 11) is 0. The molecule has 1 unspecified atom stereocenters. The smallest absolute Gasteiger partial charge is 0.373 e. The van der Waals surface area contributed by atoms with Crippen LogP contribution in [-0.4, -0.2) is 16.9 Å². The molecular weight excluding hydrogens is 228 g/mol. The molecule has 2 aromatic rings. The average Bonchev–Trinajstić information content (AvgIpc) is 2.81. The number of ketones is 1.